The Balaban J connectivity index is 1.74. The van der Waals surface area contributed by atoms with Gasteiger partial charge in [-0.3, -0.25) is 9.59 Å². The summed E-state index contributed by atoms with van der Waals surface area (Å²) in [5.41, 5.74) is 3.24. The number of imide groups is 1. The monoisotopic (exact) mass is 354 g/mol. The van der Waals surface area contributed by atoms with Gasteiger partial charge < -0.3 is 0 Å². The number of amides is 2. The number of nitrogens with zero attached hydrogens (tertiary/aromatic N) is 4. The van der Waals surface area contributed by atoms with Crippen molar-refractivity contribution < 1.29 is 9.59 Å². The number of carbonyl (C=O) groups excluding carboxylic acids is 2. The largest absolute Gasteiger partial charge is 0.271 e. The van der Waals surface area contributed by atoms with Gasteiger partial charge in [0.1, 0.15) is 0 Å². The SMILES string of the molecule is Cc1ccc(C)c(N2N=N[C@H]3C(=O)N(c4cccc(Cl)c4)C(=O)[C@H]32)c1. The molecule has 126 valence electrons. The lowest BCUT2D eigenvalue weighted by molar-refractivity contribution is -0.121. The fourth-order valence-corrected chi connectivity index (χ4v) is 3.38. The summed E-state index contributed by atoms with van der Waals surface area (Å²) in [7, 11) is 0. The minimum Gasteiger partial charge on any atom is -0.271 e. The Kier molecular flexibility index (Phi) is 3.58. The van der Waals surface area contributed by atoms with E-state index in [1.807, 2.05) is 32.0 Å². The van der Waals surface area contributed by atoms with E-state index in [9.17, 15) is 9.59 Å². The van der Waals surface area contributed by atoms with Crippen LogP contribution in [0.25, 0.3) is 0 Å². The second-order valence-corrected chi connectivity index (χ2v) is 6.66. The van der Waals surface area contributed by atoms with Gasteiger partial charge >= 0.3 is 0 Å². The fourth-order valence-electron chi connectivity index (χ4n) is 3.20. The third kappa shape index (κ3) is 2.41. The van der Waals surface area contributed by atoms with Crippen molar-refractivity contribution in [2.75, 3.05) is 9.91 Å². The van der Waals surface area contributed by atoms with E-state index in [-0.39, 0.29) is 11.8 Å². The number of carbonyl (C=O) groups is 2. The molecule has 2 aromatic rings. The zero-order chi connectivity index (χ0) is 17.7. The summed E-state index contributed by atoms with van der Waals surface area (Å²) in [4.78, 5) is 26.9. The summed E-state index contributed by atoms with van der Waals surface area (Å²) in [6, 6.07) is 11.0. The number of aryl methyl sites for hydroxylation is 2. The Morgan fingerprint density at radius 1 is 1.04 bits per heavy atom. The second kappa shape index (κ2) is 5.67. The van der Waals surface area contributed by atoms with Gasteiger partial charge in [-0.1, -0.05) is 35.0 Å². The highest BCUT2D eigenvalue weighted by atomic mass is 35.5. The fraction of sp³-hybridized carbons (Fsp3) is 0.222. The maximum atomic E-state index is 13.0. The molecule has 7 heteroatoms. The van der Waals surface area contributed by atoms with E-state index in [2.05, 4.69) is 10.3 Å². The van der Waals surface area contributed by atoms with Gasteiger partial charge in [0.2, 0.25) is 0 Å². The van der Waals surface area contributed by atoms with Gasteiger partial charge in [-0.05, 0) is 49.2 Å². The molecule has 0 saturated carbocycles. The minimum atomic E-state index is -0.827. The summed E-state index contributed by atoms with van der Waals surface area (Å²) in [6.45, 7) is 3.90. The second-order valence-electron chi connectivity index (χ2n) is 6.22. The van der Waals surface area contributed by atoms with Crippen LogP contribution >= 0.6 is 11.6 Å². The third-order valence-corrected chi connectivity index (χ3v) is 4.69. The van der Waals surface area contributed by atoms with E-state index < -0.39 is 12.1 Å². The Labute approximate surface area is 149 Å². The van der Waals surface area contributed by atoms with Crippen LogP contribution in [0.1, 0.15) is 11.1 Å². The highest BCUT2D eigenvalue weighted by Gasteiger charge is 2.55. The van der Waals surface area contributed by atoms with Crippen molar-refractivity contribution in [3.8, 4) is 0 Å². The van der Waals surface area contributed by atoms with Gasteiger partial charge in [0.25, 0.3) is 11.8 Å². The Morgan fingerprint density at radius 3 is 2.60 bits per heavy atom. The highest BCUT2D eigenvalue weighted by molar-refractivity contribution is 6.32. The molecule has 0 unspecified atom stereocenters. The first-order valence-electron chi connectivity index (χ1n) is 7.88. The number of rotatable bonds is 2. The maximum absolute atomic E-state index is 13.0. The standard InChI is InChI=1S/C18H15ClN4O2/c1-10-6-7-11(2)14(8-10)23-16-15(20-21-23)17(24)22(18(16)25)13-5-3-4-12(19)9-13/h3-9,15-16H,1-2H3/t15-,16+/m1/s1. The average molecular weight is 355 g/mol. The van der Waals surface area contributed by atoms with Crippen molar-refractivity contribution in [1.82, 2.24) is 0 Å². The molecule has 0 aromatic heterocycles. The third-order valence-electron chi connectivity index (χ3n) is 4.46. The number of hydrogen-bond donors (Lipinski definition) is 0. The number of fused-ring (bicyclic) bond motifs is 1. The van der Waals surface area contributed by atoms with Crippen molar-refractivity contribution in [3.63, 3.8) is 0 Å². The van der Waals surface area contributed by atoms with Gasteiger partial charge in [0, 0.05) is 5.02 Å². The van der Waals surface area contributed by atoms with Crippen LogP contribution in [-0.4, -0.2) is 23.9 Å². The molecular formula is C18H15ClN4O2. The summed E-state index contributed by atoms with van der Waals surface area (Å²) in [6.07, 6.45) is 0. The molecule has 0 aliphatic carbocycles. The molecule has 1 fully saturated rings. The van der Waals surface area contributed by atoms with E-state index in [1.165, 1.54) is 0 Å². The smallest absolute Gasteiger partial charge is 0.263 e. The molecule has 2 amide bonds. The number of halogens is 1. The lowest BCUT2D eigenvalue weighted by Crippen LogP contribution is -2.40. The Bertz CT molecular complexity index is 927. The minimum absolute atomic E-state index is 0.344. The van der Waals surface area contributed by atoms with E-state index in [0.29, 0.717) is 10.7 Å². The molecule has 0 bridgehead atoms. The molecule has 2 aliphatic rings. The van der Waals surface area contributed by atoms with Crippen molar-refractivity contribution in [2.24, 2.45) is 10.3 Å². The molecule has 1 saturated heterocycles. The van der Waals surface area contributed by atoms with E-state index in [1.54, 1.807) is 29.3 Å². The van der Waals surface area contributed by atoms with Gasteiger partial charge in [-0.15, -0.1) is 0 Å². The summed E-state index contributed by atoms with van der Waals surface area (Å²) < 4.78 is 0. The summed E-state index contributed by atoms with van der Waals surface area (Å²) >= 11 is 6.00. The van der Waals surface area contributed by atoms with Crippen LogP contribution in [0.5, 0.6) is 0 Å². The van der Waals surface area contributed by atoms with E-state index in [0.717, 1.165) is 21.7 Å². The number of anilines is 2. The van der Waals surface area contributed by atoms with Gasteiger partial charge in [-0.2, -0.15) is 5.11 Å². The lowest BCUT2D eigenvalue weighted by atomic mass is 10.1. The molecule has 2 aromatic carbocycles. The zero-order valence-corrected chi connectivity index (χ0v) is 14.4. The normalized spacial score (nSPS) is 22.0. The molecule has 2 aliphatic heterocycles. The molecule has 2 atom stereocenters. The maximum Gasteiger partial charge on any atom is 0.263 e. The number of hydrogen-bond acceptors (Lipinski definition) is 5. The van der Waals surface area contributed by atoms with Crippen LogP contribution in [0.4, 0.5) is 11.4 Å². The first-order valence-corrected chi connectivity index (χ1v) is 8.26. The number of benzene rings is 2. The summed E-state index contributed by atoms with van der Waals surface area (Å²) in [5, 5.41) is 10.2. The molecular weight excluding hydrogens is 340 g/mol. The van der Waals surface area contributed by atoms with Gasteiger partial charge in [0.05, 0.1) is 11.4 Å². The van der Waals surface area contributed by atoms with Gasteiger partial charge in [-0.25, -0.2) is 9.91 Å². The van der Waals surface area contributed by atoms with Crippen LogP contribution < -0.4 is 9.91 Å². The predicted molar refractivity (Wildman–Crippen MR) is 94.8 cm³/mol. The average Bonchev–Trinajstić information content (AvgIpc) is 3.11. The first-order chi connectivity index (χ1) is 12.0. The van der Waals surface area contributed by atoms with Crippen LogP contribution in [0.3, 0.4) is 0 Å². The highest BCUT2D eigenvalue weighted by Crippen LogP contribution is 2.36. The molecule has 25 heavy (non-hydrogen) atoms. The Hall–Kier alpha value is -2.73. The molecule has 2 heterocycles. The van der Waals surface area contributed by atoms with Crippen molar-refractivity contribution in [1.29, 1.82) is 0 Å². The zero-order valence-electron chi connectivity index (χ0n) is 13.7. The van der Waals surface area contributed by atoms with E-state index in [4.69, 9.17) is 11.6 Å². The predicted octanol–water partition coefficient (Wildman–Crippen LogP) is 3.45. The van der Waals surface area contributed by atoms with E-state index >= 15 is 0 Å². The molecule has 4 rings (SSSR count). The lowest BCUT2D eigenvalue weighted by Gasteiger charge is -2.22. The molecule has 0 radical (unpaired) electrons. The van der Waals surface area contributed by atoms with Crippen LogP contribution in [0, 0.1) is 13.8 Å². The van der Waals surface area contributed by atoms with Gasteiger partial charge in [0.15, 0.2) is 12.1 Å². The first kappa shape index (κ1) is 15.8. The summed E-state index contributed by atoms with van der Waals surface area (Å²) in [5.74, 6) is -0.725. The topological polar surface area (TPSA) is 65.3 Å². The molecule has 0 spiro atoms. The van der Waals surface area contributed by atoms with Crippen LogP contribution in [0.15, 0.2) is 52.8 Å². The van der Waals surface area contributed by atoms with Crippen LogP contribution in [0.2, 0.25) is 5.02 Å². The quantitative estimate of drug-likeness (QED) is 0.776. The van der Waals surface area contributed by atoms with Crippen LogP contribution in [-0.2, 0) is 9.59 Å². The molecule has 6 nitrogen and oxygen atoms in total. The van der Waals surface area contributed by atoms with Crippen molar-refractivity contribution >= 4 is 34.8 Å². The van der Waals surface area contributed by atoms with Crippen molar-refractivity contribution in [2.45, 2.75) is 25.9 Å². The molecule has 0 N–H and O–H groups in total. The van der Waals surface area contributed by atoms with Crippen molar-refractivity contribution in [3.05, 3.63) is 58.6 Å². The Morgan fingerprint density at radius 2 is 1.84 bits per heavy atom.